The zero-order chi connectivity index (χ0) is 12.8. The summed E-state index contributed by atoms with van der Waals surface area (Å²) in [7, 11) is 3.56. The molecule has 1 atom stereocenters. The molecule has 0 aliphatic heterocycles. The minimum atomic E-state index is -0.0734. The topological polar surface area (TPSA) is 49.4 Å². The smallest absolute Gasteiger partial charge is 0.224 e. The molecule has 0 saturated heterocycles. The zero-order valence-electron chi connectivity index (χ0n) is 10.4. The number of anilines is 1. The Hall–Kier alpha value is -1.84. The standard InChI is InChI=1S/C13H18N2O2/c1-10(13(17)14-2)8-15(3)12-6-4-11(9-16)5-7-12/h4-7,9-10H,8H2,1-3H3,(H,14,17). The predicted molar refractivity (Wildman–Crippen MR) is 68.3 cm³/mol. The fraction of sp³-hybridized carbons (Fsp3) is 0.385. The van der Waals surface area contributed by atoms with Gasteiger partial charge < -0.3 is 10.2 Å². The van der Waals surface area contributed by atoms with Crippen LogP contribution in [0.1, 0.15) is 17.3 Å². The average molecular weight is 234 g/mol. The summed E-state index contributed by atoms with van der Waals surface area (Å²) in [5.74, 6) is -0.0443. The molecule has 0 saturated carbocycles. The second kappa shape index (κ2) is 6.03. The summed E-state index contributed by atoms with van der Waals surface area (Å²) < 4.78 is 0. The van der Waals surface area contributed by atoms with Gasteiger partial charge >= 0.3 is 0 Å². The number of nitrogens with zero attached hydrogens (tertiary/aromatic N) is 1. The molecule has 4 nitrogen and oxygen atoms in total. The maximum atomic E-state index is 11.4. The molecule has 1 aromatic carbocycles. The summed E-state index contributed by atoms with van der Waals surface area (Å²) in [6.45, 7) is 2.52. The Morgan fingerprint density at radius 1 is 1.41 bits per heavy atom. The zero-order valence-corrected chi connectivity index (χ0v) is 10.4. The number of hydrogen-bond acceptors (Lipinski definition) is 3. The van der Waals surface area contributed by atoms with E-state index in [1.807, 2.05) is 31.0 Å². The molecule has 0 aromatic heterocycles. The van der Waals surface area contributed by atoms with Crippen LogP contribution in [0.25, 0.3) is 0 Å². The Kier molecular flexibility index (Phi) is 4.69. The Bertz CT molecular complexity index is 387. The first-order valence-electron chi connectivity index (χ1n) is 5.56. The van der Waals surface area contributed by atoms with E-state index in [0.29, 0.717) is 12.1 Å². The van der Waals surface area contributed by atoms with E-state index < -0.39 is 0 Å². The minimum Gasteiger partial charge on any atom is -0.374 e. The van der Waals surface area contributed by atoms with Gasteiger partial charge in [-0.3, -0.25) is 9.59 Å². The van der Waals surface area contributed by atoms with Crippen LogP contribution in [-0.4, -0.2) is 32.8 Å². The molecular formula is C13H18N2O2. The molecule has 92 valence electrons. The summed E-state index contributed by atoms with van der Waals surface area (Å²) in [6.07, 6.45) is 0.816. The van der Waals surface area contributed by atoms with E-state index in [2.05, 4.69) is 5.32 Å². The molecule has 1 amide bonds. The quantitative estimate of drug-likeness (QED) is 0.782. The van der Waals surface area contributed by atoms with Gasteiger partial charge in [0.2, 0.25) is 5.91 Å². The van der Waals surface area contributed by atoms with E-state index in [4.69, 9.17) is 0 Å². The van der Waals surface area contributed by atoms with Crippen LogP contribution in [0.2, 0.25) is 0 Å². The van der Waals surface area contributed by atoms with Crippen molar-refractivity contribution in [3.8, 4) is 0 Å². The van der Waals surface area contributed by atoms with Gasteiger partial charge in [-0.1, -0.05) is 6.92 Å². The lowest BCUT2D eigenvalue weighted by molar-refractivity contribution is -0.123. The number of hydrogen-bond donors (Lipinski definition) is 1. The Morgan fingerprint density at radius 3 is 2.47 bits per heavy atom. The van der Waals surface area contributed by atoms with Crippen LogP contribution < -0.4 is 10.2 Å². The van der Waals surface area contributed by atoms with E-state index in [9.17, 15) is 9.59 Å². The maximum Gasteiger partial charge on any atom is 0.224 e. The first-order chi connectivity index (χ1) is 8.08. The van der Waals surface area contributed by atoms with Crippen molar-refractivity contribution in [2.75, 3.05) is 25.5 Å². The highest BCUT2D eigenvalue weighted by atomic mass is 16.1. The third-order valence-electron chi connectivity index (χ3n) is 2.71. The number of carbonyl (C=O) groups excluding carboxylic acids is 2. The van der Waals surface area contributed by atoms with Gasteiger partial charge in [-0.25, -0.2) is 0 Å². The lowest BCUT2D eigenvalue weighted by atomic mass is 10.1. The Labute approximate surface area is 102 Å². The van der Waals surface area contributed by atoms with Gasteiger partial charge in [-0.15, -0.1) is 0 Å². The molecule has 0 heterocycles. The van der Waals surface area contributed by atoms with Crippen molar-refractivity contribution in [1.82, 2.24) is 5.32 Å². The average Bonchev–Trinajstić information content (AvgIpc) is 2.37. The molecule has 17 heavy (non-hydrogen) atoms. The molecule has 1 rings (SSSR count). The van der Waals surface area contributed by atoms with Crippen molar-refractivity contribution >= 4 is 17.9 Å². The molecule has 1 unspecified atom stereocenters. The van der Waals surface area contributed by atoms with Crippen LogP contribution in [0, 0.1) is 5.92 Å². The highest BCUT2D eigenvalue weighted by Crippen LogP contribution is 2.14. The van der Waals surface area contributed by atoms with Gasteiger partial charge in [0.25, 0.3) is 0 Å². The van der Waals surface area contributed by atoms with Gasteiger partial charge in [0, 0.05) is 31.9 Å². The summed E-state index contributed by atoms with van der Waals surface area (Å²) in [6, 6.07) is 7.29. The molecule has 0 spiro atoms. The van der Waals surface area contributed by atoms with Crippen molar-refractivity contribution in [3.05, 3.63) is 29.8 Å². The number of carbonyl (C=O) groups is 2. The number of benzene rings is 1. The minimum absolute atomic E-state index is 0.0290. The summed E-state index contributed by atoms with van der Waals surface area (Å²) in [5.41, 5.74) is 1.65. The van der Waals surface area contributed by atoms with Crippen LogP contribution >= 0.6 is 0 Å². The van der Waals surface area contributed by atoms with Crippen molar-refractivity contribution in [2.45, 2.75) is 6.92 Å². The fourth-order valence-electron chi connectivity index (χ4n) is 1.65. The van der Waals surface area contributed by atoms with Gasteiger partial charge in [0.15, 0.2) is 0 Å². The SMILES string of the molecule is CNC(=O)C(C)CN(C)c1ccc(C=O)cc1. The van der Waals surface area contributed by atoms with Gasteiger partial charge in [0.1, 0.15) is 6.29 Å². The number of aldehydes is 1. The molecule has 0 radical (unpaired) electrons. The molecule has 1 aromatic rings. The number of rotatable bonds is 5. The third-order valence-corrected chi connectivity index (χ3v) is 2.71. The van der Waals surface area contributed by atoms with E-state index >= 15 is 0 Å². The molecule has 0 fully saturated rings. The van der Waals surface area contributed by atoms with Crippen LogP contribution in [0.4, 0.5) is 5.69 Å². The van der Waals surface area contributed by atoms with Crippen molar-refractivity contribution < 1.29 is 9.59 Å². The third kappa shape index (κ3) is 3.59. The van der Waals surface area contributed by atoms with Crippen LogP contribution in [0.3, 0.4) is 0 Å². The second-order valence-electron chi connectivity index (χ2n) is 4.11. The van der Waals surface area contributed by atoms with Crippen molar-refractivity contribution in [3.63, 3.8) is 0 Å². The van der Waals surface area contributed by atoms with E-state index in [0.717, 1.165) is 12.0 Å². The highest BCUT2D eigenvalue weighted by molar-refractivity contribution is 5.79. The van der Waals surface area contributed by atoms with E-state index in [1.54, 1.807) is 19.2 Å². The predicted octanol–water partition coefficient (Wildman–Crippen LogP) is 1.32. The first kappa shape index (κ1) is 13.2. The van der Waals surface area contributed by atoms with Gasteiger partial charge in [0.05, 0.1) is 5.92 Å². The van der Waals surface area contributed by atoms with Crippen molar-refractivity contribution in [2.24, 2.45) is 5.92 Å². The Morgan fingerprint density at radius 2 is 2.00 bits per heavy atom. The van der Waals surface area contributed by atoms with Crippen LogP contribution in [0.5, 0.6) is 0 Å². The molecule has 1 N–H and O–H groups in total. The molecule has 4 heteroatoms. The largest absolute Gasteiger partial charge is 0.374 e. The summed E-state index contributed by atoms with van der Waals surface area (Å²) in [4.78, 5) is 23.9. The highest BCUT2D eigenvalue weighted by Gasteiger charge is 2.13. The monoisotopic (exact) mass is 234 g/mol. The molecule has 0 aliphatic rings. The van der Waals surface area contributed by atoms with Crippen molar-refractivity contribution in [1.29, 1.82) is 0 Å². The van der Waals surface area contributed by atoms with Gasteiger partial charge in [-0.2, -0.15) is 0 Å². The first-order valence-corrected chi connectivity index (χ1v) is 5.56. The molecule has 0 aliphatic carbocycles. The van der Waals surface area contributed by atoms with Crippen LogP contribution in [-0.2, 0) is 4.79 Å². The Balaban J connectivity index is 2.65. The lowest BCUT2D eigenvalue weighted by Gasteiger charge is -2.22. The summed E-state index contributed by atoms with van der Waals surface area (Å²) >= 11 is 0. The number of amides is 1. The summed E-state index contributed by atoms with van der Waals surface area (Å²) in [5, 5.41) is 2.63. The fourth-order valence-corrected chi connectivity index (χ4v) is 1.65. The lowest BCUT2D eigenvalue weighted by Crippen LogP contribution is -2.34. The molecule has 0 bridgehead atoms. The van der Waals surface area contributed by atoms with Gasteiger partial charge in [-0.05, 0) is 24.3 Å². The van der Waals surface area contributed by atoms with Crippen LogP contribution in [0.15, 0.2) is 24.3 Å². The molecular weight excluding hydrogens is 216 g/mol. The maximum absolute atomic E-state index is 11.4. The normalized spacial score (nSPS) is 11.7. The van der Waals surface area contributed by atoms with E-state index in [1.165, 1.54) is 0 Å². The van der Waals surface area contributed by atoms with E-state index in [-0.39, 0.29) is 11.8 Å². The second-order valence-corrected chi connectivity index (χ2v) is 4.11. The number of nitrogens with one attached hydrogen (secondary N) is 1.